The van der Waals surface area contributed by atoms with Crippen LogP contribution in [0.4, 0.5) is 22.0 Å². The van der Waals surface area contributed by atoms with E-state index < -0.39 is 0 Å². The Morgan fingerprint density at radius 1 is 1.23 bits per heavy atom. The van der Waals surface area contributed by atoms with Crippen molar-refractivity contribution in [1.29, 1.82) is 0 Å². The van der Waals surface area contributed by atoms with E-state index in [1.54, 1.807) is 30.5 Å². The van der Waals surface area contributed by atoms with Gasteiger partial charge < -0.3 is 15.0 Å². The van der Waals surface area contributed by atoms with E-state index in [-0.39, 0.29) is 5.82 Å². The fourth-order valence-corrected chi connectivity index (χ4v) is 2.93. The average Bonchev–Trinajstić information content (AvgIpc) is 3.07. The van der Waals surface area contributed by atoms with Gasteiger partial charge >= 0.3 is 0 Å². The van der Waals surface area contributed by atoms with E-state index in [0.29, 0.717) is 40.5 Å². The maximum atomic E-state index is 14.2. The first-order valence-electron chi connectivity index (χ1n) is 8.36. The molecule has 0 bridgehead atoms. The quantitative estimate of drug-likeness (QED) is 0.732. The Morgan fingerprint density at radius 3 is 2.81 bits per heavy atom. The van der Waals surface area contributed by atoms with Crippen molar-refractivity contribution in [2.24, 2.45) is 5.92 Å². The highest BCUT2D eigenvalue weighted by Gasteiger charge is 2.24. The zero-order chi connectivity index (χ0) is 18.1. The summed E-state index contributed by atoms with van der Waals surface area (Å²) in [6.45, 7) is 4.13. The summed E-state index contributed by atoms with van der Waals surface area (Å²) in [6.07, 6.45) is 1.71. The van der Waals surface area contributed by atoms with Crippen LogP contribution in [-0.2, 0) is 0 Å². The molecule has 3 aromatic rings. The van der Waals surface area contributed by atoms with Crippen molar-refractivity contribution in [1.82, 2.24) is 20.2 Å². The molecule has 3 heterocycles. The third-order valence-corrected chi connectivity index (χ3v) is 4.29. The molecule has 0 radical (unpaired) electrons. The number of nitrogens with zero attached hydrogens (tertiary/aromatic N) is 4. The number of benzene rings is 1. The van der Waals surface area contributed by atoms with E-state index in [4.69, 9.17) is 4.74 Å². The fourth-order valence-electron chi connectivity index (χ4n) is 2.93. The molecular weight excluding hydrogens is 335 g/mol. The summed E-state index contributed by atoms with van der Waals surface area (Å²) in [5.41, 5.74) is 0.989. The Kier molecular flexibility index (Phi) is 4.16. The van der Waals surface area contributed by atoms with Crippen LogP contribution < -0.4 is 15.0 Å². The van der Waals surface area contributed by atoms with Crippen molar-refractivity contribution in [3.63, 3.8) is 0 Å². The summed E-state index contributed by atoms with van der Waals surface area (Å²) in [7, 11) is 1.50. The van der Waals surface area contributed by atoms with Gasteiger partial charge in [-0.1, -0.05) is 6.92 Å². The second-order valence-corrected chi connectivity index (χ2v) is 6.39. The van der Waals surface area contributed by atoms with Crippen molar-refractivity contribution in [3.05, 3.63) is 42.3 Å². The lowest BCUT2D eigenvalue weighted by molar-refractivity contribution is 0.411. The van der Waals surface area contributed by atoms with Crippen LogP contribution in [0.25, 0.3) is 11.3 Å². The molecule has 0 atom stereocenters. The van der Waals surface area contributed by atoms with Crippen LogP contribution in [0.1, 0.15) is 6.92 Å². The fraction of sp³-hybridized carbons (Fsp3) is 0.278. The second-order valence-electron chi connectivity index (χ2n) is 6.39. The van der Waals surface area contributed by atoms with E-state index >= 15 is 0 Å². The molecule has 0 amide bonds. The SMILES string of the molecule is COc1ccc(-c2cc(Nc3ccnc(N4CC(C)C4)n3)n[nH]2)c(F)c1. The lowest BCUT2D eigenvalue weighted by Gasteiger charge is -2.37. The van der Waals surface area contributed by atoms with Crippen LogP contribution in [0, 0.1) is 11.7 Å². The highest BCUT2D eigenvalue weighted by Crippen LogP contribution is 2.27. The van der Waals surface area contributed by atoms with Crippen molar-refractivity contribution in [2.75, 3.05) is 30.4 Å². The maximum absolute atomic E-state index is 14.2. The van der Waals surface area contributed by atoms with Crippen molar-refractivity contribution >= 4 is 17.6 Å². The number of halogens is 1. The molecule has 8 heteroatoms. The van der Waals surface area contributed by atoms with Gasteiger partial charge in [-0.3, -0.25) is 5.10 Å². The normalized spacial score (nSPS) is 14.2. The molecule has 7 nitrogen and oxygen atoms in total. The van der Waals surface area contributed by atoms with Crippen LogP contribution >= 0.6 is 0 Å². The van der Waals surface area contributed by atoms with Gasteiger partial charge in [-0.15, -0.1) is 0 Å². The van der Waals surface area contributed by atoms with Gasteiger partial charge in [0, 0.05) is 37.0 Å². The molecule has 26 heavy (non-hydrogen) atoms. The van der Waals surface area contributed by atoms with Gasteiger partial charge in [0.05, 0.1) is 12.8 Å². The zero-order valence-corrected chi connectivity index (χ0v) is 14.5. The number of aromatic amines is 1. The first kappa shape index (κ1) is 16.3. The molecular formula is C18H19FN6O. The number of aromatic nitrogens is 4. The van der Waals surface area contributed by atoms with E-state index in [2.05, 4.69) is 37.3 Å². The van der Waals surface area contributed by atoms with Gasteiger partial charge in [-0.05, 0) is 24.1 Å². The van der Waals surface area contributed by atoms with Crippen LogP contribution in [0.2, 0.25) is 0 Å². The van der Waals surface area contributed by atoms with Gasteiger partial charge in [0.25, 0.3) is 0 Å². The monoisotopic (exact) mass is 354 g/mol. The minimum absolute atomic E-state index is 0.379. The molecule has 0 unspecified atom stereocenters. The predicted octanol–water partition coefficient (Wildman–Crippen LogP) is 3.21. The molecule has 1 aliphatic rings. The van der Waals surface area contributed by atoms with Crippen LogP contribution in [0.5, 0.6) is 5.75 Å². The van der Waals surface area contributed by atoms with E-state index in [1.807, 2.05) is 0 Å². The first-order valence-corrected chi connectivity index (χ1v) is 8.36. The van der Waals surface area contributed by atoms with E-state index in [9.17, 15) is 4.39 Å². The number of rotatable bonds is 5. The highest BCUT2D eigenvalue weighted by atomic mass is 19.1. The van der Waals surface area contributed by atoms with Crippen LogP contribution in [0.15, 0.2) is 36.5 Å². The van der Waals surface area contributed by atoms with Crippen molar-refractivity contribution in [3.8, 4) is 17.0 Å². The molecule has 1 aromatic carbocycles. The molecule has 2 aromatic heterocycles. The predicted molar refractivity (Wildman–Crippen MR) is 97.2 cm³/mol. The summed E-state index contributed by atoms with van der Waals surface area (Å²) in [5.74, 6) is 2.65. The van der Waals surface area contributed by atoms with Gasteiger partial charge in [-0.25, -0.2) is 9.37 Å². The Labute approximate surface area is 150 Å². The second kappa shape index (κ2) is 6.62. The van der Waals surface area contributed by atoms with Crippen molar-refractivity contribution < 1.29 is 9.13 Å². The molecule has 4 rings (SSSR count). The average molecular weight is 354 g/mol. The van der Waals surface area contributed by atoms with Gasteiger partial charge in [0.2, 0.25) is 5.95 Å². The van der Waals surface area contributed by atoms with Crippen molar-refractivity contribution in [2.45, 2.75) is 6.92 Å². The lowest BCUT2D eigenvalue weighted by Crippen LogP contribution is -2.46. The summed E-state index contributed by atoms with van der Waals surface area (Å²) in [6, 6.07) is 8.21. The van der Waals surface area contributed by atoms with E-state index in [1.165, 1.54) is 13.2 Å². The minimum atomic E-state index is -0.379. The zero-order valence-electron chi connectivity index (χ0n) is 14.5. The van der Waals surface area contributed by atoms with Gasteiger partial charge in [-0.2, -0.15) is 10.1 Å². The number of ether oxygens (including phenoxy) is 1. The maximum Gasteiger partial charge on any atom is 0.227 e. The number of H-pyrrole nitrogens is 1. The number of methoxy groups -OCH3 is 1. The highest BCUT2D eigenvalue weighted by molar-refractivity contribution is 5.66. The molecule has 2 N–H and O–H groups in total. The molecule has 0 saturated carbocycles. The summed E-state index contributed by atoms with van der Waals surface area (Å²) in [5, 5.41) is 10.1. The molecule has 0 aliphatic carbocycles. The standard InChI is InChI=1S/C18H19FN6O/c1-11-9-25(10-11)18-20-6-5-16(22-18)21-17-8-15(23-24-17)13-4-3-12(26-2)7-14(13)19/h3-8,11H,9-10H2,1-2H3,(H2,20,21,22,23,24). The van der Waals surface area contributed by atoms with Gasteiger partial charge in [0.15, 0.2) is 5.82 Å². The molecule has 1 saturated heterocycles. The Bertz CT molecular complexity index is 922. The Balaban J connectivity index is 1.51. The molecule has 0 spiro atoms. The molecule has 1 aliphatic heterocycles. The Hall–Kier alpha value is -3.16. The van der Waals surface area contributed by atoms with Crippen LogP contribution in [-0.4, -0.2) is 40.4 Å². The van der Waals surface area contributed by atoms with Gasteiger partial charge in [0.1, 0.15) is 17.4 Å². The lowest BCUT2D eigenvalue weighted by atomic mass is 10.0. The summed E-state index contributed by atoms with van der Waals surface area (Å²) in [4.78, 5) is 10.9. The van der Waals surface area contributed by atoms with Crippen LogP contribution in [0.3, 0.4) is 0 Å². The summed E-state index contributed by atoms with van der Waals surface area (Å²) >= 11 is 0. The molecule has 1 fully saturated rings. The Morgan fingerprint density at radius 2 is 2.08 bits per heavy atom. The topological polar surface area (TPSA) is 79.0 Å². The third kappa shape index (κ3) is 3.17. The first-order chi connectivity index (χ1) is 12.6. The smallest absolute Gasteiger partial charge is 0.227 e. The number of anilines is 3. The third-order valence-electron chi connectivity index (χ3n) is 4.29. The number of hydrogen-bond donors (Lipinski definition) is 2. The molecule has 134 valence electrons. The van der Waals surface area contributed by atoms with E-state index in [0.717, 1.165) is 13.1 Å². The summed E-state index contributed by atoms with van der Waals surface area (Å²) < 4.78 is 19.2. The number of nitrogens with one attached hydrogen (secondary N) is 2. The minimum Gasteiger partial charge on any atom is -0.497 e. The number of hydrogen-bond acceptors (Lipinski definition) is 6. The largest absolute Gasteiger partial charge is 0.497 e.